The number of hydrogen-bond donors (Lipinski definition) is 1. The first-order valence-electron chi connectivity index (χ1n) is 5.09. The Kier molecular flexibility index (Phi) is 3.14. The highest BCUT2D eigenvalue weighted by atomic mass is 79.9. The summed E-state index contributed by atoms with van der Waals surface area (Å²) in [7, 11) is 1.52. The number of pyridine rings is 1. The molecule has 1 aliphatic rings. The average molecular weight is 286 g/mol. The topological polar surface area (TPSA) is 59.4 Å². The van der Waals surface area contributed by atoms with Crippen molar-refractivity contribution in [3.63, 3.8) is 0 Å². The fraction of sp³-hybridized carbons (Fsp3) is 0.455. The summed E-state index contributed by atoms with van der Waals surface area (Å²) in [6, 6.07) is 0. The normalized spacial score (nSPS) is 19.0. The highest BCUT2D eigenvalue weighted by Gasteiger charge is 2.31. The van der Waals surface area contributed by atoms with Gasteiger partial charge in [-0.25, -0.2) is 4.98 Å². The van der Waals surface area contributed by atoms with Gasteiger partial charge in [0.1, 0.15) is 0 Å². The van der Waals surface area contributed by atoms with E-state index >= 15 is 0 Å². The lowest BCUT2D eigenvalue weighted by molar-refractivity contribution is -0.139. The van der Waals surface area contributed by atoms with Crippen molar-refractivity contribution in [1.82, 2.24) is 4.98 Å². The van der Waals surface area contributed by atoms with E-state index < -0.39 is 11.9 Å². The predicted molar refractivity (Wildman–Crippen MR) is 61.8 cm³/mol. The summed E-state index contributed by atoms with van der Waals surface area (Å²) in [6.07, 6.45) is 4.08. The second kappa shape index (κ2) is 4.41. The summed E-state index contributed by atoms with van der Waals surface area (Å²) in [5.74, 6) is -0.867. The molecule has 86 valence electrons. The first-order valence-corrected chi connectivity index (χ1v) is 5.88. The standard InChI is InChI=1S/C11H12BrNO3/c1-16-10-9-6(8(12)5-13-10)3-2-4-7(9)11(14)15/h5,7H,2-4H2,1H3,(H,14,15). The number of carboxylic acids is 1. The summed E-state index contributed by atoms with van der Waals surface area (Å²) in [5.41, 5.74) is 1.75. The Morgan fingerprint density at radius 2 is 2.44 bits per heavy atom. The van der Waals surface area contributed by atoms with Gasteiger partial charge in [0.2, 0.25) is 5.88 Å². The number of carbonyl (C=O) groups is 1. The van der Waals surface area contributed by atoms with Crippen LogP contribution < -0.4 is 4.74 Å². The lowest BCUT2D eigenvalue weighted by Gasteiger charge is -2.24. The zero-order valence-corrected chi connectivity index (χ0v) is 10.5. The first kappa shape index (κ1) is 11.4. The van der Waals surface area contributed by atoms with Gasteiger partial charge in [0.15, 0.2) is 0 Å². The maximum atomic E-state index is 11.2. The molecule has 0 amide bonds. The van der Waals surface area contributed by atoms with Crippen molar-refractivity contribution >= 4 is 21.9 Å². The molecule has 0 aliphatic heterocycles. The lowest BCUT2D eigenvalue weighted by Crippen LogP contribution is -2.20. The summed E-state index contributed by atoms with van der Waals surface area (Å²) in [4.78, 5) is 15.3. The molecule has 1 atom stereocenters. The number of aromatic nitrogens is 1. The van der Waals surface area contributed by atoms with E-state index in [1.807, 2.05) is 0 Å². The number of nitrogens with zero attached hydrogens (tertiary/aromatic N) is 1. The van der Waals surface area contributed by atoms with E-state index in [1.54, 1.807) is 6.20 Å². The van der Waals surface area contributed by atoms with Crippen molar-refractivity contribution in [2.75, 3.05) is 7.11 Å². The quantitative estimate of drug-likeness (QED) is 0.906. The van der Waals surface area contributed by atoms with Crippen molar-refractivity contribution < 1.29 is 14.6 Å². The van der Waals surface area contributed by atoms with Gasteiger partial charge in [0, 0.05) is 16.2 Å². The van der Waals surface area contributed by atoms with E-state index in [9.17, 15) is 9.90 Å². The van der Waals surface area contributed by atoms with Gasteiger partial charge in [0.25, 0.3) is 0 Å². The Labute approximate surface area is 102 Å². The van der Waals surface area contributed by atoms with Crippen LogP contribution in [0, 0.1) is 0 Å². The number of halogens is 1. The highest BCUT2D eigenvalue weighted by molar-refractivity contribution is 9.10. The largest absolute Gasteiger partial charge is 0.481 e. The number of carboxylic acid groups (broad SMARTS) is 1. The van der Waals surface area contributed by atoms with Crippen LogP contribution >= 0.6 is 15.9 Å². The van der Waals surface area contributed by atoms with E-state index in [1.165, 1.54) is 7.11 Å². The maximum absolute atomic E-state index is 11.2. The third kappa shape index (κ3) is 1.80. The van der Waals surface area contributed by atoms with Gasteiger partial charge < -0.3 is 9.84 Å². The zero-order chi connectivity index (χ0) is 11.7. The molecule has 5 heteroatoms. The van der Waals surface area contributed by atoms with E-state index in [0.717, 1.165) is 28.4 Å². The van der Waals surface area contributed by atoms with Crippen LogP contribution in [0.25, 0.3) is 0 Å². The molecule has 1 heterocycles. The summed E-state index contributed by atoms with van der Waals surface area (Å²) in [6.45, 7) is 0. The van der Waals surface area contributed by atoms with Gasteiger partial charge in [-0.3, -0.25) is 4.79 Å². The molecule has 2 rings (SSSR count). The molecule has 0 saturated carbocycles. The number of hydrogen-bond acceptors (Lipinski definition) is 3. The van der Waals surface area contributed by atoms with Crippen LogP contribution in [0.2, 0.25) is 0 Å². The Bertz CT molecular complexity index is 433. The van der Waals surface area contributed by atoms with E-state index in [-0.39, 0.29) is 0 Å². The van der Waals surface area contributed by atoms with Gasteiger partial charge in [-0.2, -0.15) is 0 Å². The Morgan fingerprint density at radius 1 is 1.69 bits per heavy atom. The number of fused-ring (bicyclic) bond motifs is 1. The zero-order valence-electron chi connectivity index (χ0n) is 8.86. The van der Waals surface area contributed by atoms with Crippen molar-refractivity contribution in [3.8, 4) is 5.88 Å². The lowest BCUT2D eigenvalue weighted by atomic mass is 9.83. The van der Waals surface area contributed by atoms with Crippen LogP contribution in [-0.2, 0) is 11.2 Å². The molecule has 16 heavy (non-hydrogen) atoms. The molecular formula is C11H12BrNO3. The summed E-state index contributed by atoms with van der Waals surface area (Å²) < 4.78 is 6.02. The summed E-state index contributed by atoms with van der Waals surface area (Å²) >= 11 is 3.41. The monoisotopic (exact) mass is 285 g/mol. The van der Waals surface area contributed by atoms with Crippen LogP contribution in [0.15, 0.2) is 10.7 Å². The minimum absolute atomic E-state index is 0.435. The van der Waals surface area contributed by atoms with Gasteiger partial charge in [-0.1, -0.05) is 0 Å². The van der Waals surface area contributed by atoms with Gasteiger partial charge in [-0.05, 0) is 40.8 Å². The first-order chi connectivity index (χ1) is 7.65. The molecule has 1 aromatic heterocycles. The van der Waals surface area contributed by atoms with E-state index in [0.29, 0.717) is 12.3 Å². The Morgan fingerprint density at radius 3 is 3.06 bits per heavy atom. The molecule has 4 nitrogen and oxygen atoms in total. The Hall–Kier alpha value is -1.10. The molecule has 0 spiro atoms. The molecule has 1 N–H and O–H groups in total. The minimum atomic E-state index is -0.806. The maximum Gasteiger partial charge on any atom is 0.311 e. The van der Waals surface area contributed by atoms with Crippen LogP contribution in [0.3, 0.4) is 0 Å². The molecule has 0 bridgehead atoms. The molecule has 0 aromatic carbocycles. The van der Waals surface area contributed by atoms with Gasteiger partial charge in [0.05, 0.1) is 13.0 Å². The van der Waals surface area contributed by atoms with Crippen LogP contribution in [0.4, 0.5) is 0 Å². The summed E-state index contributed by atoms with van der Waals surface area (Å²) in [5, 5.41) is 9.20. The predicted octanol–water partition coefficient (Wildman–Crippen LogP) is 2.36. The molecule has 0 saturated heterocycles. The smallest absolute Gasteiger partial charge is 0.311 e. The van der Waals surface area contributed by atoms with Crippen molar-refractivity contribution in [3.05, 3.63) is 21.8 Å². The second-order valence-corrected chi connectivity index (χ2v) is 4.65. The minimum Gasteiger partial charge on any atom is -0.481 e. The Balaban J connectivity index is 2.60. The van der Waals surface area contributed by atoms with Crippen LogP contribution in [-0.4, -0.2) is 23.2 Å². The van der Waals surface area contributed by atoms with Crippen molar-refractivity contribution in [2.45, 2.75) is 25.2 Å². The number of methoxy groups -OCH3 is 1. The van der Waals surface area contributed by atoms with Crippen molar-refractivity contribution in [2.24, 2.45) is 0 Å². The van der Waals surface area contributed by atoms with Gasteiger partial charge >= 0.3 is 5.97 Å². The van der Waals surface area contributed by atoms with E-state index in [4.69, 9.17) is 4.74 Å². The fourth-order valence-electron chi connectivity index (χ4n) is 2.17. The number of aliphatic carboxylic acids is 1. The van der Waals surface area contributed by atoms with Crippen molar-refractivity contribution in [1.29, 1.82) is 0 Å². The van der Waals surface area contributed by atoms with Crippen LogP contribution in [0.1, 0.15) is 29.9 Å². The third-order valence-corrected chi connectivity index (χ3v) is 3.58. The number of rotatable bonds is 2. The van der Waals surface area contributed by atoms with Gasteiger partial charge in [-0.15, -0.1) is 0 Å². The SMILES string of the molecule is COc1ncc(Br)c2c1C(C(=O)O)CCC2. The molecule has 1 unspecified atom stereocenters. The number of ether oxygens (including phenoxy) is 1. The molecule has 0 fully saturated rings. The molecule has 1 aromatic rings. The molecule has 0 radical (unpaired) electrons. The molecule has 1 aliphatic carbocycles. The highest BCUT2D eigenvalue weighted by Crippen LogP contribution is 2.39. The van der Waals surface area contributed by atoms with Crippen LogP contribution in [0.5, 0.6) is 5.88 Å². The van der Waals surface area contributed by atoms with E-state index in [2.05, 4.69) is 20.9 Å². The average Bonchev–Trinajstić information content (AvgIpc) is 2.29. The second-order valence-electron chi connectivity index (χ2n) is 3.79. The third-order valence-electron chi connectivity index (χ3n) is 2.90. The molecular weight excluding hydrogens is 274 g/mol. The fourth-order valence-corrected chi connectivity index (χ4v) is 2.69.